The molecule has 1 atom stereocenters. The Hall–Kier alpha value is -3.05. The minimum absolute atomic E-state index is 0.0525. The number of hydrogen-bond donors (Lipinski definition) is 2. The van der Waals surface area contributed by atoms with E-state index in [2.05, 4.69) is 30.6 Å². The molecule has 0 amide bonds. The van der Waals surface area contributed by atoms with Gasteiger partial charge in [-0.1, -0.05) is 12.7 Å². The first-order valence-corrected chi connectivity index (χ1v) is 8.77. The molecule has 0 saturated carbocycles. The van der Waals surface area contributed by atoms with Crippen LogP contribution in [0.2, 0.25) is 0 Å². The first kappa shape index (κ1) is 21.3. The van der Waals surface area contributed by atoms with E-state index >= 15 is 0 Å². The van der Waals surface area contributed by atoms with Crippen LogP contribution in [0.1, 0.15) is 18.4 Å². The predicted molar refractivity (Wildman–Crippen MR) is 107 cm³/mol. The second-order valence-electron chi connectivity index (χ2n) is 5.82. The zero-order valence-corrected chi connectivity index (χ0v) is 17.1. The Morgan fingerprint density at radius 3 is 2.36 bits per heavy atom. The van der Waals surface area contributed by atoms with Gasteiger partial charge >= 0.3 is 5.97 Å². The summed E-state index contributed by atoms with van der Waals surface area (Å²) in [4.78, 5) is 12.7. The number of thiol groups is 1. The fourth-order valence-corrected chi connectivity index (χ4v) is 3.36. The summed E-state index contributed by atoms with van der Waals surface area (Å²) in [6.07, 6.45) is 1.48. The topological polar surface area (TPSA) is 89.8 Å². The smallest absolute Gasteiger partial charge is 0.337 e. The van der Waals surface area contributed by atoms with E-state index in [1.807, 2.05) is 0 Å². The molecule has 8 heteroatoms. The van der Waals surface area contributed by atoms with Crippen molar-refractivity contribution in [1.82, 2.24) is 5.32 Å². The first-order valence-electron chi connectivity index (χ1n) is 8.32. The van der Waals surface area contributed by atoms with Crippen molar-refractivity contribution in [3.05, 3.63) is 52.2 Å². The maximum Gasteiger partial charge on any atom is 0.337 e. The standard InChI is InChI=1S/C20H22N2O5S/c1-6-7-27-20(23)16-11(2)22-19(28)13(10-21)17(16)12-8-14(24-3)18(26-5)15(9-12)25-4/h6,8-9,17,22,28H,1,7H2,2-5H3. The first-order chi connectivity index (χ1) is 13.4. The lowest BCUT2D eigenvalue weighted by atomic mass is 9.82. The Morgan fingerprint density at radius 1 is 1.29 bits per heavy atom. The molecule has 0 radical (unpaired) electrons. The van der Waals surface area contributed by atoms with Crippen molar-refractivity contribution in [2.75, 3.05) is 27.9 Å². The maximum atomic E-state index is 12.7. The minimum Gasteiger partial charge on any atom is -0.493 e. The summed E-state index contributed by atoms with van der Waals surface area (Å²) in [6, 6.07) is 5.53. The van der Waals surface area contributed by atoms with Gasteiger partial charge in [0.1, 0.15) is 6.61 Å². The highest BCUT2D eigenvalue weighted by Gasteiger charge is 2.35. The molecule has 1 aliphatic heterocycles. The number of benzene rings is 1. The number of nitrogens with one attached hydrogen (secondary N) is 1. The number of rotatable bonds is 7. The highest BCUT2D eigenvalue weighted by Crippen LogP contribution is 2.45. The minimum atomic E-state index is -0.718. The summed E-state index contributed by atoms with van der Waals surface area (Å²) in [5, 5.41) is 13.0. The van der Waals surface area contributed by atoms with Gasteiger partial charge in [-0.3, -0.25) is 0 Å². The lowest BCUT2D eigenvalue weighted by Crippen LogP contribution is -2.28. The van der Waals surface area contributed by atoms with Crippen LogP contribution >= 0.6 is 12.6 Å². The van der Waals surface area contributed by atoms with Crippen molar-refractivity contribution in [1.29, 1.82) is 5.26 Å². The fraction of sp³-hybridized carbons (Fsp3) is 0.300. The third kappa shape index (κ3) is 3.94. The van der Waals surface area contributed by atoms with Crippen LogP contribution in [0, 0.1) is 11.3 Å². The van der Waals surface area contributed by atoms with Gasteiger partial charge in [-0.25, -0.2) is 4.79 Å². The van der Waals surface area contributed by atoms with E-state index in [4.69, 9.17) is 18.9 Å². The highest BCUT2D eigenvalue weighted by atomic mass is 32.1. The van der Waals surface area contributed by atoms with E-state index in [1.54, 1.807) is 19.1 Å². The lowest BCUT2D eigenvalue weighted by molar-refractivity contribution is -0.138. The van der Waals surface area contributed by atoms with E-state index in [0.29, 0.717) is 39.1 Å². The molecule has 7 nitrogen and oxygen atoms in total. The van der Waals surface area contributed by atoms with E-state index in [-0.39, 0.29) is 12.2 Å². The van der Waals surface area contributed by atoms with Gasteiger partial charge in [0, 0.05) is 5.70 Å². The number of carbonyl (C=O) groups excluding carboxylic acids is 1. The Morgan fingerprint density at radius 2 is 1.89 bits per heavy atom. The van der Waals surface area contributed by atoms with Crippen LogP contribution in [0.4, 0.5) is 0 Å². The predicted octanol–water partition coefficient (Wildman–Crippen LogP) is 3.07. The normalized spacial score (nSPS) is 16.1. The molecule has 1 heterocycles. The molecule has 28 heavy (non-hydrogen) atoms. The van der Waals surface area contributed by atoms with Gasteiger partial charge in [-0.15, -0.1) is 12.6 Å². The van der Waals surface area contributed by atoms with Gasteiger partial charge in [-0.05, 0) is 24.6 Å². The van der Waals surface area contributed by atoms with Crippen LogP contribution in [0.15, 0.2) is 46.7 Å². The molecule has 1 aromatic rings. The van der Waals surface area contributed by atoms with Crippen molar-refractivity contribution in [3.63, 3.8) is 0 Å². The van der Waals surface area contributed by atoms with Crippen molar-refractivity contribution < 1.29 is 23.7 Å². The number of methoxy groups -OCH3 is 3. The number of ether oxygens (including phenoxy) is 4. The van der Waals surface area contributed by atoms with Crippen molar-refractivity contribution in [2.45, 2.75) is 12.8 Å². The monoisotopic (exact) mass is 402 g/mol. The van der Waals surface area contributed by atoms with Crippen molar-refractivity contribution in [2.24, 2.45) is 0 Å². The number of dihydropyridines is 1. The quantitative estimate of drug-likeness (QED) is 0.412. The number of hydrogen-bond acceptors (Lipinski definition) is 8. The molecule has 0 bridgehead atoms. The fourth-order valence-electron chi connectivity index (χ4n) is 3.01. The third-order valence-corrected chi connectivity index (χ3v) is 4.59. The molecule has 0 fully saturated rings. The Kier molecular flexibility index (Phi) is 7.01. The van der Waals surface area contributed by atoms with E-state index in [1.165, 1.54) is 27.4 Å². The molecule has 148 valence electrons. The van der Waals surface area contributed by atoms with Gasteiger partial charge in [0.15, 0.2) is 11.5 Å². The highest BCUT2D eigenvalue weighted by molar-refractivity contribution is 7.84. The van der Waals surface area contributed by atoms with Gasteiger partial charge in [0.25, 0.3) is 0 Å². The second kappa shape index (κ2) is 9.24. The largest absolute Gasteiger partial charge is 0.493 e. The molecule has 2 rings (SSSR count). The zero-order chi connectivity index (χ0) is 20.8. The molecular formula is C20H22N2O5S. The molecular weight excluding hydrogens is 380 g/mol. The molecule has 0 saturated heterocycles. The SMILES string of the molecule is C=CCOC(=O)C1=C(C)NC(S)=C(C#N)C1c1cc(OC)c(OC)c(OC)c1. The van der Waals surface area contributed by atoms with Crippen molar-refractivity contribution in [3.8, 4) is 23.3 Å². The van der Waals surface area contributed by atoms with E-state index < -0.39 is 11.9 Å². The van der Waals surface area contributed by atoms with Gasteiger partial charge in [-0.2, -0.15) is 5.26 Å². The molecule has 1 N–H and O–H groups in total. The van der Waals surface area contributed by atoms with Crippen LogP contribution < -0.4 is 19.5 Å². The van der Waals surface area contributed by atoms with Crippen LogP contribution in [0.5, 0.6) is 17.2 Å². The van der Waals surface area contributed by atoms with Crippen LogP contribution in [0.3, 0.4) is 0 Å². The van der Waals surface area contributed by atoms with Gasteiger partial charge in [0.05, 0.1) is 49.5 Å². The average molecular weight is 402 g/mol. The molecule has 1 unspecified atom stereocenters. The van der Waals surface area contributed by atoms with Gasteiger partial charge < -0.3 is 24.3 Å². The number of carbonyl (C=O) groups is 1. The van der Waals surface area contributed by atoms with Gasteiger partial charge in [0.2, 0.25) is 5.75 Å². The summed E-state index contributed by atoms with van der Waals surface area (Å²) in [6.45, 7) is 5.33. The van der Waals surface area contributed by atoms with Crippen LogP contribution in [-0.4, -0.2) is 33.9 Å². The van der Waals surface area contributed by atoms with E-state index in [0.717, 1.165) is 0 Å². The van der Waals surface area contributed by atoms with Crippen LogP contribution in [-0.2, 0) is 9.53 Å². The number of nitrogens with zero attached hydrogens (tertiary/aromatic N) is 1. The summed E-state index contributed by atoms with van der Waals surface area (Å²) in [7, 11) is 4.49. The number of esters is 1. The number of nitriles is 1. The molecule has 0 spiro atoms. The molecule has 0 aromatic heterocycles. The van der Waals surface area contributed by atoms with Crippen LogP contribution in [0.25, 0.3) is 0 Å². The van der Waals surface area contributed by atoms with E-state index in [9.17, 15) is 10.1 Å². The third-order valence-electron chi connectivity index (χ3n) is 4.24. The molecule has 0 aliphatic carbocycles. The maximum absolute atomic E-state index is 12.7. The lowest BCUT2D eigenvalue weighted by Gasteiger charge is -2.28. The Balaban J connectivity index is 2.72. The number of allylic oxidation sites excluding steroid dienone is 2. The molecule has 1 aliphatic rings. The summed E-state index contributed by atoms with van der Waals surface area (Å²) >= 11 is 4.38. The molecule has 1 aromatic carbocycles. The average Bonchev–Trinajstić information content (AvgIpc) is 2.70. The van der Waals surface area contributed by atoms with Crippen molar-refractivity contribution >= 4 is 18.6 Å². The summed E-state index contributed by atoms with van der Waals surface area (Å²) < 4.78 is 21.4. The zero-order valence-electron chi connectivity index (χ0n) is 16.2. The summed E-state index contributed by atoms with van der Waals surface area (Å²) in [5.74, 6) is -0.0514. The summed E-state index contributed by atoms with van der Waals surface area (Å²) in [5.41, 5.74) is 1.71. The Labute approximate surface area is 169 Å². The second-order valence-corrected chi connectivity index (χ2v) is 6.26. The Bertz CT molecular complexity index is 873.